The number of nitrogens with zero attached hydrogens (tertiary/aromatic N) is 1. The van der Waals surface area contributed by atoms with E-state index in [4.69, 9.17) is 6.42 Å². The van der Waals surface area contributed by atoms with Crippen molar-refractivity contribution in [3.05, 3.63) is 0 Å². The van der Waals surface area contributed by atoms with Gasteiger partial charge in [0.2, 0.25) is 5.91 Å². The van der Waals surface area contributed by atoms with Gasteiger partial charge in [-0.15, -0.1) is 12.3 Å². The van der Waals surface area contributed by atoms with Crippen LogP contribution in [0.25, 0.3) is 0 Å². The summed E-state index contributed by atoms with van der Waals surface area (Å²) >= 11 is 3.29. The lowest BCUT2D eigenvalue weighted by Crippen LogP contribution is -2.28. The van der Waals surface area contributed by atoms with Gasteiger partial charge in [-0.3, -0.25) is 4.79 Å². The minimum Gasteiger partial charge on any atom is -0.341 e. The predicted molar refractivity (Wildman–Crippen MR) is 47.4 cm³/mol. The summed E-state index contributed by atoms with van der Waals surface area (Å²) in [4.78, 5) is 13.1. The van der Waals surface area contributed by atoms with E-state index in [1.807, 2.05) is 0 Å². The summed E-state index contributed by atoms with van der Waals surface area (Å²) < 4.78 is 0. The van der Waals surface area contributed by atoms with Crippen molar-refractivity contribution in [3.8, 4) is 12.3 Å². The molecule has 0 bridgehead atoms. The maximum atomic E-state index is 11.2. The fourth-order valence-corrected chi connectivity index (χ4v) is 1.62. The molecule has 1 amide bonds. The summed E-state index contributed by atoms with van der Waals surface area (Å²) in [6.45, 7) is 1.55. The van der Waals surface area contributed by atoms with Gasteiger partial charge in [0.05, 0.1) is 4.83 Å². The van der Waals surface area contributed by atoms with E-state index in [1.165, 1.54) is 0 Å². The summed E-state index contributed by atoms with van der Waals surface area (Å²) in [6.07, 6.45) is 6.65. The van der Waals surface area contributed by atoms with Crippen LogP contribution < -0.4 is 0 Å². The first-order chi connectivity index (χ1) is 5.25. The average molecular weight is 216 g/mol. The third kappa shape index (κ3) is 1.97. The monoisotopic (exact) mass is 215 g/mol. The zero-order valence-corrected chi connectivity index (χ0v) is 7.80. The van der Waals surface area contributed by atoms with E-state index in [1.54, 1.807) is 4.90 Å². The molecule has 1 atom stereocenters. The summed E-state index contributed by atoms with van der Waals surface area (Å²) in [5.41, 5.74) is 0. The van der Waals surface area contributed by atoms with Gasteiger partial charge < -0.3 is 4.90 Å². The van der Waals surface area contributed by atoms with Crippen LogP contribution in [0.4, 0.5) is 0 Å². The third-order valence-corrected chi connectivity index (χ3v) is 2.61. The van der Waals surface area contributed by atoms with Crippen molar-refractivity contribution in [2.24, 2.45) is 0 Å². The van der Waals surface area contributed by atoms with Crippen molar-refractivity contribution in [2.45, 2.75) is 17.7 Å². The molecule has 11 heavy (non-hydrogen) atoms. The van der Waals surface area contributed by atoms with E-state index in [9.17, 15) is 4.79 Å². The first kappa shape index (κ1) is 8.61. The van der Waals surface area contributed by atoms with Gasteiger partial charge in [-0.2, -0.15) is 0 Å². The van der Waals surface area contributed by atoms with Crippen molar-refractivity contribution >= 4 is 21.8 Å². The first-order valence-electron chi connectivity index (χ1n) is 3.62. The van der Waals surface area contributed by atoms with Gasteiger partial charge in [0.1, 0.15) is 0 Å². The van der Waals surface area contributed by atoms with Crippen LogP contribution in [-0.4, -0.2) is 28.7 Å². The highest BCUT2D eigenvalue weighted by atomic mass is 79.9. The van der Waals surface area contributed by atoms with Crippen molar-refractivity contribution in [3.63, 3.8) is 0 Å². The number of hydrogen-bond donors (Lipinski definition) is 0. The number of amides is 1. The third-order valence-electron chi connectivity index (χ3n) is 1.76. The summed E-state index contributed by atoms with van der Waals surface area (Å²) in [5, 5.41) is 0. The fraction of sp³-hybridized carbons (Fsp3) is 0.625. The molecule has 1 rings (SSSR count). The van der Waals surface area contributed by atoms with Crippen LogP contribution >= 0.6 is 15.9 Å². The zero-order chi connectivity index (χ0) is 8.27. The van der Waals surface area contributed by atoms with E-state index < -0.39 is 0 Å². The van der Waals surface area contributed by atoms with Crippen molar-refractivity contribution < 1.29 is 4.79 Å². The molecule has 0 saturated carbocycles. The van der Waals surface area contributed by atoms with Crippen LogP contribution in [0, 0.1) is 12.3 Å². The molecule has 0 aromatic heterocycles. The number of halogens is 1. The molecule has 0 aromatic carbocycles. The Balaban J connectivity index is 2.38. The lowest BCUT2D eigenvalue weighted by molar-refractivity contribution is -0.127. The van der Waals surface area contributed by atoms with Crippen molar-refractivity contribution in [2.75, 3.05) is 13.1 Å². The Kier molecular flexibility index (Phi) is 2.95. The second-order valence-corrected chi connectivity index (χ2v) is 3.64. The molecule has 1 unspecified atom stereocenters. The highest BCUT2D eigenvalue weighted by Gasteiger charge is 2.28. The maximum absolute atomic E-state index is 11.2. The SMILES string of the molecule is C#CCCN1CCC(Br)C1=O. The second kappa shape index (κ2) is 3.77. The number of carbonyl (C=O) groups excluding carboxylic acids is 1. The molecule has 0 spiro atoms. The zero-order valence-electron chi connectivity index (χ0n) is 6.22. The topological polar surface area (TPSA) is 20.3 Å². The Morgan fingerprint density at radius 2 is 2.55 bits per heavy atom. The Bertz CT molecular complexity index is 197. The van der Waals surface area contributed by atoms with Crippen molar-refractivity contribution in [1.82, 2.24) is 4.90 Å². The van der Waals surface area contributed by atoms with Gasteiger partial charge in [0.15, 0.2) is 0 Å². The van der Waals surface area contributed by atoms with Gasteiger partial charge in [-0.05, 0) is 6.42 Å². The molecular formula is C8H10BrNO. The predicted octanol–water partition coefficient (Wildman–Crippen LogP) is 1.01. The van der Waals surface area contributed by atoms with Gasteiger partial charge in [-0.1, -0.05) is 15.9 Å². The lowest BCUT2D eigenvalue weighted by Gasteiger charge is -2.12. The summed E-state index contributed by atoms with van der Waals surface area (Å²) in [7, 11) is 0. The van der Waals surface area contributed by atoms with Crippen LogP contribution in [0.15, 0.2) is 0 Å². The number of rotatable bonds is 2. The highest BCUT2D eigenvalue weighted by molar-refractivity contribution is 9.10. The van der Waals surface area contributed by atoms with E-state index >= 15 is 0 Å². The molecule has 60 valence electrons. The van der Waals surface area contributed by atoms with Crippen molar-refractivity contribution in [1.29, 1.82) is 0 Å². The van der Waals surface area contributed by atoms with Crippen LogP contribution in [0.5, 0.6) is 0 Å². The van der Waals surface area contributed by atoms with Gasteiger partial charge in [-0.25, -0.2) is 0 Å². The Labute approximate surface area is 75.1 Å². The molecule has 1 fully saturated rings. The summed E-state index contributed by atoms with van der Waals surface area (Å²) in [5.74, 6) is 2.70. The van der Waals surface area contributed by atoms with E-state index in [2.05, 4.69) is 21.9 Å². The molecule has 3 heteroatoms. The van der Waals surface area contributed by atoms with Gasteiger partial charge in [0, 0.05) is 19.5 Å². The standard InChI is InChI=1S/C8H10BrNO/c1-2-3-5-10-6-4-7(9)8(10)11/h1,7H,3-6H2. The molecule has 0 aromatic rings. The second-order valence-electron chi connectivity index (χ2n) is 2.54. The highest BCUT2D eigenvalue weighted by Crippen LogP contribution is 2.17. The first-order valence-corrected chi connectivity index (χ1v) is 4.53. The smallest absolute Gasteiger partial charge is 0.236 e. The largest absolute Gasteiger partial charge is 0.341 e. The van der Waals surface area contributed by atoms with E-state index in [-0.39, 0.29) is 10.7 Å². The molecule has 0 aliphatic carbocycles. The molecule has 1 saturated heterocycles. The maximum Gasteiger partial charge on any atom is 0.236 e. The Hall–Kier alpha value is -0.490. The minimum absolute atomic E-state index is 0.0280. The van der Waals surface area contributed by atoms with Crippen LogP contribution in [0.1, 0.15) is 12.8 Å². The Morgan fingerprint density at radius 1 is 1.82 bits per heavy atom. The number of hydrogen-bond acceptors (Lipinski definition) is 1. The van der Waals surface area contributed by atoms with Gasteiger partial charge in [0.25, 0.3) is 0 Å². The number of terminal acetylenes is 1. The van der Waals surface area contributed by atoms with Crippen LogP contribution in [0.3, 0.4) is 0 Å². The van der Waals surface area contributed by atoms with Crippen LogP contribution in [0.2, 0.25) is 0 Å². The van der Waals surface area contributed by atoms with Crippen LogP contribution in [-0.2, 0) is 4.79 Å². The van der Waals surface area contributed by atoms with Gasteiger partial charge >= 0.3 is 0 Å². The fourth-order valence-electron chi connectivity index (χ4n) is 1.12. The normalized spacial score (nSPS) is 23.8. The number of carbonyl (C=O) groups is 1. The number of alkyl halides is 1. The molecule has 1 aliphatic heterocycles. The minimum atomic E-state index is 0.0280. The molecule has 0 radical (unpaired) electrons. The number of likely N-dealkylation sites (tertiary alicyclic amines) is 1. The molecule has 2 nitrogen and oxygen atoms in total. The lowest BCUT2D eigenvalue weighted by atomic mass is 10.4. The molecular weight excluding hydrogens is 206 g/mol. The van der Waals surface area contributed by atoms with E-state index in [0.717, 1.165) is 13.0 Å². The molecule has 1 aliphatic rings. The quantitative estimate of drug-likeness (QED) is 0.498. The van der Waals surface area contributed by atoms with E-state index in [0.29, 0.717) is 13.0 Å². The average Bonchev–Trinajstić information content (AvgIpc) is 2.31. The summed E-state index contributed by atoms with van der Waals surface area (Å²) in [6, 6.07) is 0. The molecule has 0 N–H and O–H groups in total. The Morgan fingerprint density at radius 3 is 3.00 bits per heavy atom. The molecule has 1 heterocycles.